The molecule has 0 atom stereocenters. The van der Waals surface area contributed by atoms with Crippen molar-refractivity contribution in [1.82, 2.24) is 20.2 Å². The number of hydrogen-bond donors (Lipinski definition) is 2. The van der Waals surface area contributed by atoms with Gasteiger partial charge in [-0.05, 0) is 56.4 Å². The molecule has 0 radical (unpaired) electrons. The van der Waals surface area contributed by atoms with Gasteiger partial charge in [0.25, 0.3) is 0 Å². The largest absolute Gasteiger partial charge is 0.497 e. The molecule has 9 heteroatoms. The van der Waals surface area contributed by atoms with Crippen LogP contribution >= 0.6 is 12.4 Å². The summed E-state index contributed by atoms with van der Waals surface area (Å²) >= 11 is 0. The molecule has 0 bridgehead atoms. The van der Waals surface area contributed by atoms with Gasteiger partial charge in [0.05, 0.1) is 19.9 Å². The number of likely N-dealkylation sites (N-methyl/N-ethyl adjacent to an activating group) is 1. The minimum Gasteiger partial charge on any atom is -0.497 e. The molecule has 7 nitrogen and oxygen atoms in total. The smallest absolute Gasteiger partial charge is 0.318 e. The van der Waals surface area contributed by atoms with Crippen LogP contribution in [0.15, 0.2) is 48.5 Å². The van der Waals surface area contributed by atoms with E-state index in [2.05, 4.69) is 25.5 Å². The normalized spacial score (nSPS) is 10.6. The maximum absolute atomic E-state index is 14.3. The number of hydrogen-bond acceptors (Lipinski definition) is 7. The van der Waals surface area contributed by atoms with Crippen LogP contribution in [0, 0.1) is 5.82 Å². The van der Waals surface area contributed by atoms with E-state index in [0.29, 0.717) is 30.2 Å². The van der Waals surface area contributed by atoms with E-state index >= 15 is 0 Å². The second-order valence-electron chi connectivity index (χ2n) is 7.94. The first-order valence-electron chi connectivity index (χ1n) is 10.9. The summed E-state index contributed by atoms with van der Waals surface area (Å²) in [5, 5.41) is 6.61. The van der Waals surface area contributed by atoms with Crippen LogP contribution in [0.5, 0.6) is 11.8 Å². The van der Waals surface area contributed by atoms with Gasteiger partial charge in [-0.15, -0.1) is 12.4 Å². The summed E-state index contributed by atoms with van der Waals surface area (Å²) in [6, 6.07) is 15.1. The van der Waals surface area contributed by atoms with Crippen molar-refractivity contribution in [3.05, 3.63) is 65.5 Å². The number of benzene rings is 2. The van der Waals surface area contributed by atoms with Crippen LogP contribution in [0.1, 0.15) is 11.1 Å². The molecule has 0 aliphatic carbocycles. The first kappa shape index (κ1) is 27.3. The number of halogens is 2. The van der Waals surface area contributed by atoms with Crippen LogP contribution in [0.25, 0.3) is 11.3 Å². The number of ether oxygens (including phenoxy) is 2. The minimum absolute atomic E-state index is 0. The zero-order valence-electron chi connectivity index (χ0n) is 20.1. The first-order chi connectivity index (χ1) is 16.0. The van der Waals surface area contributed by atoms with Crippen LogP contribution in [0.3, 0.4) is 0 Å². The highest BCUT2D eigenvalue weighted by atomic mass is 35.5. The maximum atomic E-state index is 14.3. The van der Waals surface area contributed by atoms with Gasteiger partial charge in [-0.3, -0.25) is 0 Å². The molecule has 0 saturated carbocycles. The van der Waals surface area contributed by atoms with Crippen LogP contribution < -0.4 is 20.1 Å². The standard InChI is InChI=1S/C25H32FN5O2.ClH/c1-31(2)14-13-27-17-20-15-19(7-10-22(20)26)23-16-24(30-25(29-23)33-4)28-12-11-18-5-8-21(32-3)9-6-18;/h5-10,15-16,27H,11-14,17H2,1-4H3,(H,28,29,30);1H. The lowest BCUT2D eigenvalue weighted by Crippen LogP contribution is -2.26. The number of aromatic nitrogens is 2. The Kier molecular flexibility index (Phi) is 11.0. The Morgan fingerprint density at radius 1 is 0.941 bits per heavy atom. The Hall–Kier alpha value is -2.94. The molecular formula is C25H33ClFN5O2. The SMILES string of the molecule is COc1ccc(CCNc2cc(-c3ccc(F)c(CNCCN(C)C)c3)nc(OC)n2)cc1.Cl. The van der Waals surface area contributed by atoms with Crippen molar-refractivity contribution in [1.29, 1.82) is 0 Å². The molecule has 1 aromatic heterocycles. The third-order valence-corrected chi connectivity index (χ3v) is 5.16. The van der Waals surface area contributed by atoms with E-state index in [4.69, 9.17) is 9.47 Å². The monoisotopic (exact) mass is 489 g/mol. The first-order valence-corrected chi connectivity index (χ1v) is 10.9. The number of methoxy groups -OCH3 is 2. The van der Waals surface area contributed by atoms with Gasteiger partial charge < -0.3 is 25.0 Å². The van der Waals surface area contributed by atoms with E-state index in [1.54, 1.807) is 13.2 Å². The average Bonchev–Trinajstić information content (AvgIpc) is 2.83. The highest BCUT2D eigenvalue weighted by molar-refractivity contribution is 5.85. The van der Waals surface area contributed by atoms with Gasteiger partial charge in [0.2, 0.25) is 0 Å². The van der Waals surface area contributed by atoms with Crippen molar-refractivity contribution in [2.45, 2.75) is 13.0 Å². The lowest BCUT2D eigenvalue weighted by Gasteiger charge is -2.12. The molecule has 1 heterocycles. The Balaban J connectivity index is 0.00000408. The predicted octanol–water partition coefficient (Wildman–Crippen LogP) is 4.03. The molecule has 0 fully saturated rings. The van der Waals surface area contributed by atoms with E-state index in [0.717, 1.165) is 30.8 Å². The fraction of sp³-hybridized carbons (Fsp3) is 0.360. The molecule has 3 rings (SSSR count). The summed E-state index contributed by atoms with van der Waals surface area (Å²) in [4.78, 5) is 10.9. The Morgan fingerprint density at radius 3 is 2.38 bits per heavy atom. The van der Waals surface area contributed by atoms with E-state index < -0.39 is 0 Å². The fourth-order valence-electron chi connectivity index (χ4n) is 3.28. The third-order valence-electron chi connectivity index (χ3n) is 5.16. The number of nitrogens with zero attached hydrogens (tertiary/aromatic N) is 3. The molecule has 0 saturated heterocycles. The molecular weight excluding hydrogens is 457 g/mol. The molecule has 0 spiro atoms. The number of rotatable bonds is 12. The lowest BCUT2D eigenvalue weighted by molar-refractivity contribution is 0.381. The second-order valence-corrected chi connectivity index (χ2v) is 7.94. The summed E-state index contributed by atoms with van der Waals surface area (Å²) in [5.41, 5.74) is 3.26. The van der Waals surface area contributed by atoms with E-state index in [1.165, 1.54) is 18.7 Å². The minimum atomic E-state index is -0.241. The summed E-state index contributed by atoms with van der Waals surface area (Å²) < 4.78 is 24.8. The summed E-state index contributed by atoms with van der Waals surface area (Å²) in [7, 11) is 7.20. The zero-order chi connectivity index (χ0) is 23.6. The quantitative estimate of drug-likeness (QED) is 0.372. The highest BCUT2D eigenvalue weighted by Crippen LogP contribution is 2.24. The number of nitrogens with one attached hydrogen (secondary N) is 2. The second kappa shape index (κ2) is 13.7. The molecule has 0 unspecified atom stereocenters. The average molecular weight is 490 g/mol. The van der Waals surface area contributed by atoms with Gasteiger partial charge >= 0.3 is 6.01 Å². The van der Waals surface area contributed by atoms with Crippen molar-refractivity contribution >= 4 is 18.2 Å². The van der Waals surface area contributed by atoms with Gasteiger partial charge in [-0.25, -0.2) is 4.39 Å². The zero-order valence-corrected chi connectivity index (χ0v) is 20.9. The Labute approximate surface area is 207 Å². The molecule has 2 N–H and O–H groups in total. The van der Waals surface area contributed by atoms with Crippen molar-refractivity contribution in [2.24, 2.45) is 0 Å². The molecule has 34 heavy (non-hydrogen) atoms. The van der Waals surface area contributed by atoms with Crippen LogP contribution in [0.4, 0.5) is 10.2 Å². The lowest BCUT2D eigenvalue weighted by atomic mass is 10.1. The topological polar surface area (TPSA) is 71.5 Å². The Bertz CT molecular complexity index is 1030. The van der Waals surface area contributed by atoms with E-state index in [9.17, 15) is 4.39 Å². The van der Waals surface area contributed by atoms with Gasteiger partial charge in [0, 0.05) is 43.4 Å². The van der Waals surface area contributed by atoms with Crippen molar-refractivity contribution in [3.8, 4) is 23.0 Å². The molecule has 0 amide bonds. The summed E-state index contributed by atoms with van der Waals surface area (Å²) in [6.45, 7) is 2.80. The number of anilines is 1. The van der Waals surface area contributed by atoms with Gasteiger partial charge in [-0.2, -0.15) is 9.97 Å². The highest BCUT2D eigenvalue weighted by Gasteiger charge is 2.10. The van der Waals surface area contributed by atoms with Crippen LogP contribution in [-0.2, 0) is 13.0 Å². The molecule has 3 aromatic rings. The van der Waals surface area contributed by atoms with Crippen molar-refractivity contribution in [2.75, 3.05) is 53.3 Å². The van der Waals surface area contributed by atoms with Crippen LogP contribution in [0.2, 0.25) is 0 Å². The van der Waals surface area contributed by atoms with E-state index in [-0.39, 0.29) is 24.2 Å². The Morgan fingerprint density at radius 2 is 1.71 bits per heavy atom. The third kappa shape index (κ3) is 8.13. The molecule has 0 aliphatic rings. The predicted molar refractivity (Wildman–Crippen MR) is 137 cm³/mol. The van der Waals surface area contributed by atoms with Gasteiger partial charge in [0.1, 0.15) is 17.4 Å². The van der Waals surface area contributed by atoms with Gasteiger partial charge in [-0.1, -0.05) is 12.1 Å². The maximum Gasteiger partial charge on any atom is 0.318 e. The fourth-order valence-corrected chi connectivity index (χ4v) is 3.28. The molecule has 2 aromatic carbocycles. The van der Waals surface area contributed by atoms with Gasteiger partial charge in [0.15, 0.2) is 0 Å². The molecule has 0 aliphatic heterocycles. The van der Waals surface area contributed by atoms with E-state index in [1.807, 2.05) is 50.5 Å². The summed E-state index contributed by atoms with van der Waals surface area (Å²) in [5.74, 6) is 1.25. The van der Waals surface area contributed by atoms with Crippen LogP contribution in [-0.4, -0.2) is 62.8 Å². The van der Waals surface area contributed by atoms with Crippen molar-refractivity contribution < 1.29 is 13.9 Å². The van der Waals surface area contributed by atoms with Crippen molar-refractivity contribution in [3.63, 3.8) is 0 Å². The molecule has 184 valence electrons. The summed E-state index contributed by atoms with van der Waals surface area (Å²) in [6.07, 6.45) is 0.824.